The van der Waals surface area contributed by atoms with Gasteiger partial charge in [-0.05, 0) is 32.9 Å². The molecule has 0 aliphatic heterocycles. The Balaban J connectivity index is 2.19. The summed E-state index contributed by atoms with van der Waals surface area (Å²) in [5.41, 5.74) is 0.165. The van der Waals surface area contributed by atoms with Gasteiger partial charge in [0.2, 0.25) is 0 Å². The Morgan fingerprint density at radius 1 is 1.38 bits per heavy atom. The van der Waals surface area contributed by atoms with Gasteiger partial charge in [-0.2, -0.15) is 0 Å². The number of aliphatic hydroxyl groups is 1. The summed E-state index contributed by atoms with van der Waals surface area (Å²) < 4.78 is 0. The summed E-state index contributed by atoms with van der Waals surface area (Å²) in [7, 11) is 0. The van der Waals surface area contributed by atoms with Crippen LogP contribution in [0.1, 0.15) is 27.4 Å². The molecular formula is C12H15NOS2. The first kappa shape index (κ1) is 11.8. The van der Waals surface area contributed by atoms with Crippen LogP contribution >= 0.6 is 22.7 Å². The second kappa shape index (κ2) is 4.28. The molecule has 2 nitrogen and oxygen atoms in total. The average Bonchev–Trinajstić information content (AvgIpc) is 2.75. The van der Waals surface area contributed by atoms with Crippen LogP contribution in [-0.2, 0) is 12.0 Å². The number of hydrogen-bond donors (Lipinski definition) is 1. The number of aryl methyl sites for hydroxylation is 2. The van der Waals surface area contributed by atoms with E-state index in [1.165, 1.54) is 4.88 Å². The molecule has 1 unspecified atom stereocenters. The third kappa shape index (κ3) is 2.51. The smallest absolute Gasteiger partial charge is 0.101 e. The van der Waals surface area contributed by atoms with Crippen molar-refractivity contribution in [2.24, 2.45) is 0 Å². The molecule has 0 radical (unpaired) electrons. The van der Waals surface area contributed by atoms with E-state index in [1.54, 1.807) is 22.7 Å². The van der Waals surface area contributed by atoms with Gasteiger partial charge < -0.3 is 5.11 Å². The molecule has 0 aromatic carbocycles. The zero-order chi connectivity index (χ0) is 11.8. The van der Waals surface area contributed by atoms with Crippen LogP contribution in [0, 0.1) is 13.8 Å². The van der Waals surface area contributed by atoms with Crippen LogP contribution in [0.3, 0.4) is 0 Å². The second-order valence-corrected chi connectivity index (χ2v) is 6.57. The Hall–Kier alpha value is -0.710. The van der Waals surface area contributed by atoms with Crippen LogP contribution in [0.5, 0.6) is 0 Å². The van der Waals surface area contributed by atoms with Crippen molar-refractivity contribution in [1.29, 1.82) is 0 Å². The number of nitrogens with zero attached hydrogens (tertiary/aromatic N) is 1. The fourth-order valence-corrected chi connectivity index (χ4v) is 3.18. The molecule has 0 spiro atoms. The molecule has 86 valence electrons. The highest BCUT2D eigenvalue weighted by atomic mass is 32.1. The number of thiophene rings is 1. The lowest BCUT2D eigenvalue weighted by atomic mass is 9.99. The van der Waals surface area contributed by atoms with E-state index in [-0.39, 0.29) is 0 Å². The van der Waals surface area contributed by atoms with Crippen molar-refractivity contribution in [2.45, 2.75) is 32.8 Å². The van der Waals surface area contributed by atoms with E-state index in [4.69, 9.17) is 0 Å². The normalized spacial score (nSPS) is 15.0. The fraction of sp³-hybridized carbons (Fsp3) is 0.417. The first-order valence-corrected chi connectivity index (χ1v) is 6.87. The maximum absolute atomic E-state index is 10.4. The molecule has 0 fully saturated rings. The van der Waals surface area contributed by atoms with Gasteiger partial charge in [0.05, 0.1) is 10.7 Å². The van der Waals surface area contributed by atoms with Gasteiger partial charge in [-0.15, -0.1) is 22.7 Å². The number of thiazole rings is 1. The molecule has 1 N–H and O–H groups in total. The fourth-order valence-electron chi connectivity index (χ4n) is 1.65. The Labute approximate surface area is 104 Å². The summed E-state index contributed by atoms with van der Waals surface area (Å²) in [6.45, 7) is 5.89. The average molecular weight is 253 g/mol. The summed E-state index contributed by atoms with van der Waals surface area (Å²) in [5, 5.41) is 13.5. The van der Waals surface area contributed by atoms with Gasteiger partial charge in [-0.1, -0.05) is 0 Å². The minimum Gasteiger partial charge on any atom is -0.384 e. The van der Waals surface area contributed by atoms with Crippen LogP contribution < -0.4 is 0 Å². The highest BCUT2D eigenvalue weighted by Gasteiger charge is 2.26. The summed E-state index contributed by atoms with van der Waals surface area (Å²) in [6.07, 6.45) is 0.581. The third-order valence-corrected chi connectivity index (χ3v) is 4.54. The number of hydrogen-bond acceptors (Lipinski definition) is 4. The van der Waals surface area contributed by atoms with Crippen molar-refractivity contribution >= 4 is 22.7 Å². The molecular weight excluding hydrogens is 238 g/mol. The topological polar surface area (TPSA) is 33.1 Å². The predicted octanol–water partition coefficient (Wildman–Crippen LogP) is 3.27. The number of aromatic nitrogens is 1. The maximum Gasteiger partial charge on any atom is 0.101 e. The van der Waals surface area contributed by atoms with E-state index in [1.807, 2.05) is 31.4 Å². The van der Waals surface area contributed by atoms with Crippen molar-refractivity contribution in [2.75, 3.05) is 0 Å². The lowest BCUT2D eigenvalue weighted by Gasteiger charge is -2.20. The minimum absolute atomic E-state index is 0.581. The monoisotopic (exact) mass is 253 g/mol. The van der Waals surface area contributed by atoms with E-state index in [9.17, 15) is 5.11 Å². The van der Waals surface area contributed by atoms with Gasteiger partial charge in [-0.3, -0.25) is 0 Å². The maximum atomic E-state index is 10.4. The van der Waals surface area contributed by atoms with Gasteiger partial charge in [0.25, 0.3) is 0 Å². The summed E-state index contributed by atoms with van der Waals surface area (Å²) in [6, 6.07) is 4.04. The molecule has 2 heterocycles. The SMILES string of the molecule is Cc1ccc(C(C)(O)Cc2csc(C)n2)s1. The first-order valence-electron chi connectivity index (χ1n) is 5.18. The molecule has 0 saturated heterocycles. The van der Waals surface area contributed by atoms with Gasteiger partial charge >= 0.3 is 0 Å². The quantitative estimate of drug-likeness (QED) is 0.910. The van der Waals surface area contributed by atoms with E-state index >= 15 is 0 Å². The predicted molar refractivity (Wildman–Crippen MR) is 69.2 cm³/mol. The van der Waals surface area contributed by atoms with E-state index in [0.29, 0.717) is 6.42 Å². The second-order valence-electron chi connectivity index (χ2n) is 4.22. The van der Waals surface area contributed by atoms with Crippen LogP contribution in [0.25, 0.3) is 0 Å². The van der Waals surface area contributed by atoms with Gasteiger partial charge in [0, 0.05) is 21.6 Å². The molecule has 2 aromatic rings. The molecule has 0 aliphatic carbocycles. The highest BCUT2D eigenvalue weighted by molar-refractivity contribution is 7.12. The van der Waals surface area contributed by atoms with E-state index in [2.05, 4.69) is 11.9 Å². The minimum atomic E-state index is -0.806. The summed E-state index contributed by atoms with van der Waals surface area (Å²) in [5.74, 6) is 0. The Kier molecular flexibility index (Phi) is 3.15. The molecule has 1 atom stereocenters. The van der Waals surface area contributed by atoms with Crippen LogP contribution in [0.4, 0.5) is 0 Å². The molecule has 0 amide bonds. The van der Waals surface area contributed by atoms with Gasteiger partial charge in [0.15, 0.2) is 0 Å². The van der Waals surface area contributed by atoms with Crippen molar-refractivity contribution in [3.63, 3.8) is 0 Å². The molecule has 0 aliphatic rings. The standard InChI is InChI=1S/C12H15NOS2/c1-8-4-5-11(16-8)12(3,14)6-10-7-15-9(2)13-10/h4-5,7,14H,6H2,1-3H3. The molecule has 2 aromatic heterocycles. The molecule has 0 bridgehead atoms. The highest BCUT2D eigenvalue weighted by Crippen LogP contribution is 2.31. The largest absolute Gasteiger partial charge is 0.384 e. The zero-order valence-corrected chi connectivity index (χ0v) is 11.3. The third-order valence-electron chi connectivity index (χ3n) is 2.46. The van der Waals surface area contributed by atoms with Crippen molar-refractivity contribution < 1.29 is 5.11 Å². The molecule has 16 heavy (non-hydrogen) atoms. The van der Waals surface area contributed by atoms with Gasteiger partial charge in [-0.25, -0.2) is 4.98 Å². The van der Waals surface area contributed by atoms with E-state index < -0.39 is 5.60 Å². The lowest BCUT2D eigenvalue weighted by molar-refractivity contribution is 0.0606. The lowest BCUT2D eigenvalue weighted by Crippen LogP contribution is -2.23. The van der Waals surface area contributed by atoms with Crippen LogP contribution in [0.2, 0.25) is 0 Å². The van der Waals surface area contributed by atoms with Crippen molar-refractivity contribution in [1.82, 2.24) is 4.98 Å². The zero-order valence-electron chi connectivity index (χ0n) is 9.65. The van der Waals surface area contributed by atoms with Crippen molar-refractivity contribution in [3.05, 3.63) is 38.0 Å². The Morgan fingerprint density at radius 3 is 2.62 bits per heavy atom. The number of rotatable bonds is 3. The van der Waals surface area contributed by atoms with Crippen molar-refractivity contribution in [3.8, 4) is 0 Å². The van der Waals surface area contributed by atoms with Gasteiger partial charge in [0.1, 0.15) is 5.60 Å². The molecule has 0 saturated carbocycles. The Morgan fingerprint density at radius 2 is 2.12 bits per heavy atom. The van der Waals surface area contributed by atoms with E-state index in [0.717, 1.165) is 15.6 Å². The molecule has 4 heteroatoms. The molecule has 2 rings (SSSR count). The summed E-state index contributed by atoms with van der Waals surface area (Å²) >= 11 is 3.27. The Bertz CT molecular complexity index is 485. The van der Waals surface area contributed by atoms with Crippen LogP contribution in [-0.4, -0.2) is 10.1 Å². The summed E-state index contributed by atoms with van der Waals surface area (Å²) in [4.78, 5) is 6.63. The van der Waals surface area contributed by atoms with Crippen LogP contribution in [0.15, 0.2) is 17.5 Å². The first-order chi connectivity index (χ1) is 7.47.